The second kappa shape index (κ2) is 7.64. The summed E-state index contributed by atoms with van der Waals surface area (Å²) in [6, 6.07) is -0.113. The van der Waals surface area contributed by atoms with Crippen LogP contribution >= 0.6 is 0 Å². The van der Waals surface area contributed by atoms with Crippen LogP contribution in [0.1, 0.15) is 41.0 Å². The van der Waals surface area contributed by atoms with E-state index in [2.05, 4.69) is 0 Å². The number of rotatable bonds is 3. The van der Waals surface area contributed by atoms with Gasteiger partial charge in [0.1, 0.15) is 5.60 Å². The first-order valence-electron chi connectivity index (χ1n) is 7.57. The quantitative estimate of drug-likeness (QED) is 0.798. The molecule has 21 heavy (non-hydrogen) atoms. The summed E-state index contributed by atoms with van der Waals surface area (Å²) < 4.78 is 11.0. The lowest BCUT2D eigenvalue weighted by molar-refractivity contribution is -0.132. The van der Waals surface area contributed by atoms with Gasteiger partial charge in [-0.3, -0.25) is 4.79 Å². The third kappa shape index (κ3) is 5.91. The molecule has 6 heteroatoms. The van der Waals surface area contributed by atoms with Crippen molar-refractivity contribution in [2.24, 2.45) is 0 Å². The van der Waals surface area contributed by atoms with Crippen molar-refractivity contribution in [3.8, 4) is 0 Å². The molecule has 0 spiro atoms. The van der Waals surface area contributed by atoms with Gasteiger partial charge in [-0.15, -0.1) is 0 Å². The average Bonchev–Trinajstić information content (AvgIpc) is 2.59. The second-order valence-electron chi connectivity index (χ2n) is 6.37. The summed E-state index contributed by atoms with van der Waals surface area (Å²) in [4.78, 5) is 27.4. The van der Waals surface area contributed by atoms with Crippen LogP contribution in [0.5, 0.6) is 0 Å². The highest BCUT2D eigenvalue weighted by Gasteiger charge is 2.30. The van der Waals surface area contributed by atoms with Gasteiger partial charge in [0.15, 0.2) is 0 Å². The number of nitrogens with zero attached hydrogens (tertiary/aromatic N) is 2. The lowest BCUT2D eigenvalue weighted by atomic mass is 10.2. The Balaban J connectivity index is 2.75. The summed E-state index contributed by atoms with van der Waals surface area (Å²) >= 11 is 0. The van der Waals surface area contributed by atoms with Gasteiger partial charge >= 0.3 is 6.09 Å². The Hall–Kier alpha value is -1.30. The van der Waals surface area contributed by atoms with Gasteiger partial charge in [-0.05, 0) is 27.2 Å². The van der Waals surface area contributed by atoms with Crippen molar-refractivity contribution in [1.82, 2.24) is 9.80 Å². The van der Waals surface area contributed by atoms with Gasteiger partial charge in [0.2, 0.25) is 5.91 Å². The molecule has 0 radical (unpaired) electrons. The molecule has 122 valence electrons. The summed E-state index contributed by atoms with van der Waals surface area (Å²) in [6.45, 7) is 11.6. The molecular weight excluding hydrogens is 272 g/mol. The Kier molecular flexibility index (Phi) is 6.45. The van der Waals surface area contributed by atoms with Gasteiger partial charge < -0.3 is 19.3 Å². The topological polar surface area (TPSA) is 59.1 Å². The largest absolute Gasteiger partial charge is 0.444 e. The lowest BCUT2D eigenvalue weighted by Crippen LogP contribution is -2.49. The number of hydrogen-bond acceptors (Lipinski definition) is 4. The maximum Gasteiger partial charge on any atom is 0.410 e. The molecule has 1 heterocycles. The molecule has 0 aromatic carbocycles. The third-order valence-electron chi connectivity index (χ3n) is 3.21. The van der Waals surface area contributed by atoms with Crippen LogP contribution in [-0.4, -0.2) is 66.3 Å². The highest BCUT2D eigenvalue weighted by molar-refractivity contribution is 5.74. The Bertz CT molecular complexity index is 365. The SMILES string of the molecule is CCCN(C(C)=O)C1COCCN(C(=O)OC(C)(C)C)C1. The molecule has 0 saturated carbocycles. The zero-order valence-electron chi connectivity index (χ0n) is 13.8. The fourth-order valence-electron chi connectivity index (χ4n) is 2.31. The number of carbonyl (C=O) groups is 2. The molecule has 1 aliphatic rings. The number of carbonyl (C=O) groups excluding carboxylic acids is 2. The van der Waals surface area contributed by atoms with Gasteiger partial charge in [-0.1, -0.05) is 6.92 Å². The number of ether oxygens (including phenoxy) is 2. The average molecular weight is 300 g/mol. The van der Waals surface area contributed by atoms with E-state index >= 15 is 0 Å². The Morgan fingerprint density at radius 3 is 2.57 bits per heavy atom. The number of hydrogen-bond donors (Lipinski definition) is 0. The molecule has 0 N–H and O–H groups in total. The third-order valence-corrected chi connectivity index (χ3v) is 3.21. The summed E-state index contributed by atoms with van der Waals surface area (Å²) in [7, 11) is 0. The summed E-state index contributed by atoms with van der Waals surface area (Å²) in [5.74, 6) is 0.0106. The Morgan fingerprint density at radius 1 is 1.38 bits per heavy atom. The summed E-state index contributed by atoms with van der Waals surface area (Å²) in [6.07, 6.45) is 0.528. The molecule has 0 aliphatic carbocycles. The molecule has 1 unspecified atom stereocenters. The first kappa shape index (κ1) is 17.8. The highest BCUT2D eigenvalue weighted by atomic mass is 16.6. The van der Waals surface area contributed by atoms with Crippen molar-refractivity contribution >= 4 is 12.0 Å². The molecule has 2 amide bonds. The fraction of sp³-hybridized carbons (Fsp3) is 0.867. The normalized spacial score (nSPS) is 19.9. The van der Waals surface area contributed by atoms with E-state index in [9.17, 15) is 9.59 Å². The van der Waals surface area contributed by atoms with E-state index in [1.807, 2.05) is 27.7 Å². The van der Waals surface area contributed by atoms with Crippen molar-refractivity contribution in [3.63, 3.8) is 0 Å². The zero-order chi connectivity index (χ0) is 16.0. The van der Waals surface area contributed by atoms with Crippen molar-refractivity contribution < 1.29 is 19.1 Å². The zero-order valence-corrected chi connectivity index (χ0v) is 13.8. The van der Waals surface area contributed by atoms with Crippen LogP contribution in [0.2, 0.25) is 0 Å². The smallest absolute Gasteiger partial charge is 0.410 e. The highest BCUT2D eigenvalue weighted by Crippen LogP contribution is 2.14. The van der Waals surface area contributed by atoms with Gasteiger partial charge in [0, 0.05) is 26.6 Å². The van der Waals surface area contributed by atoms with Crippen LogP contribution in [0, 0.1) is 0 Å². The molecular formula is C15H28N2O4. The minimum atomic E-state index is -0.524. The van der Waals surface area contributed by atoms with Gasteiger partial charge in [-0.25, -0.2) is 4.79 Å². The predicted molar refractivity (Wildman–Crippen MR) is 80.1 cm³/mol. The standard InChI is InChI=1S/C15H28N2O4/c1-6-7-17(12(2)18)13-10-16(8-9-20-11-13)14(19)21-15(3,4)5/h13H,6-11H2,1-5H3. The first-order chi connectivity index (χ1) is 9.74. The minimum Gasteiger partial charge on any atom is -0.444 e. The maximum atomic E-state index is 12.2. The molecule has 0 aromatic rings. The predicted octanol–water partition coefficient (Wildman–Crippen LogP) is 1.88. The Morgan fingerprint density at radius 2 is 2.05 bits per heavy atom. The van der Waals surface area contributed by atoms with E-state index in [1.54, 1.807) is 16.7 Å². The second-order valence-corrected chi connectivity index (χ2v) is 6.37. The summed E-state index contributed by atoms with van der Waals surface area (Å²) in [5.41, 5.74) is -0.524. The van der Waals surface area contributed by atoms with E-state index in [0.29, 0.717) is 32.8 Å². The lowest BCUT2D eigenvalue weighted by Gasteiger charge is -2.33. The molecule has 1 saturated heterocycles. The fourth-order valence-corrected chi connectivity index (χ4v) is 2.31. The van der Waals surface area contributed by atoms with Crippen molar-refractivity contribution in [3.05, 3.63) is 0 Å². The van der Waals surface area contributed by atoms with Crippen LogP contribution in [0.3, 0.4) is 0 Å². The van der Waals surface area contributed by atoms with Gasteiger partial charge in [-0.2, -0.15) is 0 Å². The van der Waals surface area contributed by atoms with E-state index in [4.69, 9.17) is 9.47 Å². The van der Waals surface area contributed by atoms with Crippen molar-refractivity contribution in [2.75, 3.05) is 32.8 Å². The van der Waals surface area contributed by atoms with Gasteiger partial charge in [0.25, 0.3) is 0 Å². The Labute approximate surface area is 127 Å². The summed E-state index contributed by atoms with van der Waals surface area (Å²) in [5, 5.41) is 0. The van der Waals surface area contributed by atoms with E-state index in [0.717, 1.165) is 6.42 Å². The first-order valence-corrected chi connectivity index (χ1v) is 7.57. The minimum absolute atomic E-state index is 0.0106. The van der Waals surface area contributed by atoms with E-state index in [1.165, 1.54) is 0 Å². The molecule has 1 fully saturated rings. The van der Waals surface area contributed by atoms with Crippen molar-refractivity contribution in [1.29, 1.82) is 0 Å². The molecule has 0 aromatic heterocycles. The van der Waals surface area contributed by atoms with Crippen LogP contribution < -0.4 is 0 Å². The van der Waals surface area contributed by atoms with Crippen LogP contribution in [0.4, 0.5) is 4.79 Å². The van der Waals surface area contributed by atoms with E-state index < -0.39 is 5.60 Å². The monoisotopic (exact) mass is 300 g/mol. The maximum absolute atomic E-state index is 12.2. The van der Waals surface area contributed by atoms with Crippen molar-refractivity contribution in [2.45, 2.75) is 52.7 Å². The van der Waals surface area contributed by atoms with Crippen LogP contribution in [0.15, 0.2) is 0 Å². The number of amides is 2. The molecule has 1 rings (SSSR count). The molecule has 1 aliphatic heterocycles. The van der Waals surface area contributed by atoms with Crippen LogP contribution in [-0.2, 0) is 14.3 Å². The van der Waals surface area contributed by atoms with Crippen LogP contribution in [0.25, 0.3) is 0 Å². The molecule has 1 atom stereocenters. The van der Waals surface area contributed by atoms with E-state index in [-0.39, 0.29) is 18.0 Å². The van der Waals surface area contributed by atoms with Gasteiger partial charge in [0.05, 0.1) is 19.3 Å². The molecule has 0 bridgehead atoms. The molecule has 6 nitrogen and oxygen atoms in total.